The highest BCUT2D eigenvalue weighted by atomic mass is 15.3. The number of anilines is 1. The largest absolute Gasteiger partial charge is 0.395 e. The molecule has 0 fully saturated rings. The van der Waals surface area contributed by atoms with E-state index < -0.39 is 0 Å². The van der Waals surface area contributed by atoms with E-state index in [-0.39, 0.29) is 0 Å². The van der Waals surface area contributed by atoms with Crippen LogP contribution in [0.5, 0.6) is 0 Å². The normalized spacial score (nSPS) is 11.0. The van der Waals surface area contributed by atoms with Crippen LogP contribution in [0.1, 0.15) is 24.7 Å². The first-order valence-corrected chi connectivity index (χ1v) is 4.82. The quantitative estimate of drug-likeness (QED) is 0.782. The van der Waals surface area contributed by atoms with E-state index in [1.807, 2.05) is 19.2 Å². The molecule has 4 nitrogen and oxygen atoms in total. The standard InChI is InChI=1S/C10H14N4/c1-3-4-8-12-10-9(11)7(2)5-6-14(10)13-8/h5-6H,3-4,11H2,1-2H3. The predicted octanol–water partition coefficient (Wildman–Crippen LogP) is 1.57. The molecule has 0 amide bonds. The minimum atomic E-state index is 0.724. The highest BCUT2D eigenvalue weighted by Crippen LogP contribution is 2.16. The van der Waals surface area contributed by atoms with Gasteiger partial charge >= 0.3 is 0 Å². The van der Waals surface area contributed by atoms with E-state index in [2.05, 4.69) is 17.0 Å². The van der Waals surface area contributed by atoms with E-state index in [4.69, 9.17) is 5.73 Å². The maximum Gasteiger partial charge on any atom is 0.178 e. The second kappa shape index (κ2) is 3.29. The molecule has 74 valence electrons. The van der Waals surface area contributed by atoms with Gasteiger partial charge in [-0.05, 0) is 25.0 Å². The van der Waals surface area contributed by atoms with Crippen LogP contribution in [0.2, 0.25) is 0 Å². The smallest absolute Gasteiger partial charge is 0.178 e. The molecular formula is C10H14N4. The van der Waals surface area contributed by atoms with Gasteiger partial charge in [0, 0.05) is 12.6 Å². The maximum absolute atomic E-state index is 5.90. The van der Waals surface area contributed by atoms with Crippen molar-refractivity contribution in [2.24, 2.45) is 0 Å². The molecule has 0 aliphatic rings. The number of aromatic nitrogens is 3. The summed E-state index contributed by atoms with van der Waals surface area (Å²) in [5.74, 6) is 0.866. The topological polar surface area (TPSA) is 56.2 Å². The summed E-state index contributed by atoms with van der Waals surface area (Å²) in [7, 11) is 0. The molecule has 2 heterocycles. The Morgan fingerprint density at radius 3 is 3.00 bits per heavy atom. The van der Waals surface area contributed by atoms with Crippen LogP contribution < -0.4 is 5.73 Å². The lowest BCUT2D eigenvalue weighted by molar-refractivity contribution is 0.818. The van der Waals surface area contributed by atoms with E-state index in [0.29, 0.717) is 0 Å². The number of nitrogens with zero attached hydrogens (tertiary/aromatic N) is 3. The monoisotopic (exact) mass is 190 g/mol. The molecule has 0 saturated carbocycles. The summed E-state index contributed by atoms with van der Waals surface area (Å²) in [6.45, 7) is 4.09. The third-order valence-electron chi connectivity index (χ3n) is 2.28. The van der Waals surface area contributed by atoms with Crippen molar-refractivity contribution in [3.63, 3.8) is 0 Å². The summed E-state index contributed by atoms with van der Waals surface area (Å²) in [4.78, 5) is 4.39. The first kappa shape index (κ1) is 8.99. The number of nitrogens with two attached hydrogens (primary N) is 1. The molecule has 2 N–H and O–H groups in total. The van der Waals surface area contributed by atoms with Gasteiger partial charge in [0.1, 0.15) is 0 Å². The lowest BCUT2D eigenvalue weighted by atomic mass is 10.2. The molecule has 0 unspecified atom stereocenters. The van der Waals surface area contributed by atoms with Gasteiger partial charge in [-0.1, -0.05) is 6.92 Å². The molecule has 0 aromatic carbocycles. The van der Waals surface area contributed by atoms with Crippen LogP contribution in [0.4, 0.5) is 5.69 Å². The Morgan fingerprint density at radius 1 is 1.50 bits per heavy atom. The Hall–Kier alpha value is -1.58. The Balaban J connectivity index is 2.59. The summed E-state index contributed by atoms with van der Waals surface area (Å²) in [6, 6.07) is 1.95. The number of hydrogen-bond acceptors (Lipinski definition) is 3. The molecule has 2 aromatic heterocycles. The van der Waals surface area contributed by atoms with Gasteiger partial charge in [-0.2, -0.15) is 5.10 Å². The molecule has 2 rings (SSSR count). The zero-order chi connectivity index (χ0) is 10.1. The van der Waals surface area contributed by atoms with Crippen molar-refractivity contribution in [2.45, 2.75) is 26.7 Å². The summed E-state index contributed by atoms with van der Waals surface area (Å²) in [5.41, 5.74) is 8.45. The van der Waals surface area contributed by atoms with Crippen LogP contribution in [0.15, 0.2) is 12.3 Å². The summed E-state index contributed by atoms with van der Waals surface area (Å²) < 4.78 is 1.74. The van der Waals surface area contributed by atoms with Crippen molar-refractivity contribution >= 4 is 11.3 Å². The highest BCUT2D eigenvalue weighted by Gasteiger charge is 2.06. The van der Waals surface area contributed by atoms with Gasteiger partial charge < -0.3 is 5.73 Å². The first-order valence-electron chi connectivity index (χ1n) is 4.82. The fourth-order valence-electron chi connectivity index (χ4n) is 1.43. The number of fused-ring (bicyclic) bond motifs is 1. The zero-order valence-electron chi connectivity index (χ0n) is 8.49. The molecule has 0 atom stereocenters. The lowest BCUT2D eigenvalue weighted by Gasteiger charge is -1.98. The van der Waals surface area contributed by atoms with Crippen LogP contribution in [-0.2, 0) is 6.42 Å². The molecule has 0 aliphatic heterocycles. The third kappa shape index (κ3) is 1.32. The van der Waals surface area contributed by atoms with Crippen molar-refractivity contribution < 1.29 is 0 Å². The summed E-state index contributed by atoms with van der Waals surface area (Å²) in [5, 5.41) is 4.33. The SMILES string of the molecule is CCCc1nc2c(N)c(C)ccn2n1. The fourth-order valence-corrected chi connectivity index (χ4v) is 1.43. The summed E-state index contributed by atoms with van der Waals surface area (Å²) in [6.07, 6.45) is 3.85. The van der Waals surface area contributed by atoms with Gasteiger partial charge in [-0.15, -0.1) is 0 Å². The van der Waals surface area contributed by atoms with Crippen LogP contribution in [-0.4, -0.2) is 14.6 Å². The van der Waals surface area contributed by atoms with E-state index >= 15 is 0 Å². The number of pyridine rings is 1. The van der Waals surface area contributed by atoms with E-state index in [1.54, 1.807) is 4.52 Å². The van der Waals surface area contributed by atoms with Gasteiger partial charge in [0.2, 0.25) is 0 Å². The zero-order valence-corrected chi connectivity index (χ0v) is 8.49. The van der Waals surface area contributed by atoms with Crippen LogP contribution in [0.25, 0.3) is 5.65 Å². The fraction of sp³-hybridized carbons (Fsp3) is 0.400. The maximum atomic E-state index is 5.90. The van der Waals surface area contributed by atoms with Gasteiger partial charge in [0.15, 0.2) is 11.5 Å². The molecule has 2 aromatic rings. The van der Waals surface area contributed by atoms with Crippen molar-refractivity contribution in [1.29, 1.82) is 0 Å². The molecule has 0 aliphatic carbocycles. The Bertz CT molecular complexity index is 458. The van der Waals surface area contributed by atoms with Crippen molar-refractivity contribution in [1.82, 2.24) is 14.6 Å². The van der Waals surface area contributed by atoms with Gasteiger partial charge in [0.25, 0.3) is 0 Å². The molecule has 0 spiro atoms. The average molecular weight is 190 g/mol. The van der Waals surface area contributed by atoms with Gasteiger partial charge in [-0.3, -0.25) is 0 Å². The number of rotatable bonds is 2. The molecule has 14 heavy (non-hydrogen) atoms. The van der Waals surface area contributed by atoms with Crippen molar-refractivity contribution in [3.05, 3.63) is 23.7 Å². The minimum Gasteiger partial charge on any atom is -0.395 e. The lowest BCUT2D eigenvalue weighted by Crippen LogP contribution is -1.96. The van der Waals surface area contributed by atoms with Gasteiger partial charge in [0.05, 0.1) is 5.69 Å². The summed E-state index contributed by atoms with van der Waals surface area (Å²) >= 11 is 0. The molecule has 4 heteroatoms. The second-order valence-corrected chi connectivity index (χ2v) is 3.46. The molecule has 0 radical (unpaired) electrons. The Labute approximate surface area is 82.8 Å². The number of nitrogen functional groups attached to an aromatic ring is 1. The Morgan fingerprint density at radius 2 is 2.29 bits per heavy atom. The third-order valence-corrected chi connectivity index (χ3v) is 2.28. The van der Waals surface area contributed by atoms with Gasteiger partial charge in [-0.25, -0.2) is 9.50 Å². The predicted molar refractivity (Wildman–Crippen MR) is 56.1 cm³/mol. The second-order valence-electron chi connectivity index (χ2n) is 3.46. The van der Waals surface area contributed by atoms with Crippen LogP contribution in [0.3, 0.4) is 0 Å². The van der Waals surface area contributed by atoms with Crippen molar-refractivity contribution in [3.8, 4) is 0 Å². The molecular weight excluding hydrogens is 176 g/mol. The van der Waals surface area contributed by atoms with E-state index in [0.717, 1.165) is 35.6 Å². The van der Waals surface area contributed by atoms with Crippen LogP contribution in [0, 0.1) is 6.92 Å². The minimum absolute atomic E-state index is 0.724. The van der Waals surface area contributed by atoms with E-state index in [9.17, 15) is 0 Å². The number of aryl methyl sites for hydroxylation is 2. The Kier molecular flexibility index (Phi) is 2.11. The van der Waals surface area contributed by atoms with Crippen LogP contribution >= 0.6 is 0 Å². The molecule has 0 bridgehead atoms. The number of hydrogen-bond donors (Lipinski definition) is 1. The highest BCUT2D eigenvalue weighted by molar-refractivity contribution is 5.67. The van der Waals surface area contributed by atoms with E-state index in [1.165, 1.54) is 0 Å². The van der Waals surface area contributed by atoms with Crippen molar-refractivity contribution in [2.75, 3.05) is 5.73 Å². The first-order chi connectivity index (χ1) is 6.72. The molecule has 0 saturated heterocycles. The average Bonchev–Trinajstić information content (AvgIpc) is 2.56.